The van der Waals surface area contributed by atoms with Gasteiger partial charge in [0.1, 0.15) is 23.6 Å². The van der Waals surface area contributed by atoms with Crippen LogP contribution in [0.25, 0.3) is 27.7 Å². The second-order valence-corrected chi connectivity index (χ2v) is 10.2. The van der Waals surface area contributed by atoms with E-state index in [1.807, 2.05) is 0 Å². The van der Waals surface area contributed by atoms with Gasteiger partial charge in [0.15, 0.2) is 5.82 Å². The molecule has 0 fully saturated rings. The Balaban J connectivity index is 1.64. The molecule has 38 heavy (non-hydrogen) atoms. The maximum Gasteiger partial charge on any atom is 0.263 e. The zero-order chi connectivity index (χ0) is 27.0. The summed E-state index contributed by atoms with van der Waals surface area (Å²) in [7, 11) is -1.10. The number of hydrogen-bond acceptors (Lipinski definition) is 7. The first-order valence-electron chi connectivity index (χ1n) is 11.0. The number of sulfonamides is 1. The van der Waals surface area contributed by atoms with Gasteiger partial charge in [-0.3, -0.25) is 14.1 Å². The van der Waals surface area contributed by atoms with Gasteiger partial charge in [-0.05, 0) is 48.5 Å². The highest BCUT2D eigenvalue weighted by atomic mass is 35.5. The standard InChI is InChI=1S/C26H19ClFN3O6S/c1-35-16-4-6-18(20(27)12-16)19-13-24(36-2)23(14-21(19)28)31-22-7-5-17(11-15(22)3-8-26(31)32)38(33,34)30-25-9-10-37-29-25/h3-14H,1-2H3,(H,29,30). The molecule has 0 saturated heterocycles. The average molecular weight is 556 g/mol. The molecule has 0 aliphatic rings. The lowest BCUT2D eigenvalue weighted by Gasteiger charge is -2.17. The van der Waals surface area contributed by atoms with Crippen molar-refractivity contribution in [2.75, 3.05) is 18.9 Å². The minimum atomic E-state index is -3.99. The maximum atomic E-state index is 15.5. The Morgan fingerprint density at radius 2 is 1.79 bits per heavy atom. The molecule has 2 aromatic heterocycles. The molecular formula is C26H19ClFN3O6S. The summed E-state index contributed by atoms with van der Waals surface area (Å²) < 4.78 is 60.0. The van der Waals surface area contributed by atoms with Crippen molar-refractivity contribution in [3.8, 4) is 28.3 Å². The van der Waals surface area contributed by atoms with E-state index in [1.165, 1.54) is 73.6 Å². The van der Waals surface area contributed by atoms with Crippen LogP contribution in [0.5, 0.6) is 11.5 Å². The first kappa shape index (κ1) is 25.3. The van der Waals surface area contributed by atoms with Gasteiger partial charge in [-0.2, -0.15) is 0 Å². The summed E-state index contributed by atoms with van der Waals surface area (Å²) in [5.41, 5.74) is 0.575. The van der Waals surface area contributed by atoms with E-state index in [1.54, 1.807) is 18.2 Å². The average Bonchev–Trinajstić information content (AvgIpc) is 3.41. The van der Waals surface area contributed by atoms with E-state index in [9.17, 15) is 13.2 Å². The molecule has 3 aromatic carbocycles. The van der Waals surface area contributed by atoms with Crippen LogP contribution in [0.15, 0.2) is 87.2 Å². The van der Waals surface area contributed by atoms with Gasteiger partial charge in [-0.25, -0.2) is 12.8 Å². The third kappa shape index (κ3) is 4.57. The molecule has 0 saturated carbocycles. The summed E-state index contributed by atoms with van der Waals surface area (Å²) in [4.78, 5) is 12.9. The smallest absolute Gasteiger partial charge is 0.263 e. The van der Waals surface area contributed by atoms with Crippen molar-refractivity contribution in [2.45, 2.75) is 4.90 Å². The number of nitrogens with zero attached hydrogens (tertiary/aromatic N) is 2. The van der Waals surface area contributed by atoms with Gasteiger partial charge in [0.2, 0.25) is 0 Å². The van der Waals surface area contributed by atoms with Gasteiger partial charge in [0.25, 0.3) is 15.6 Å². The lowest BCUT2D eigenvalue weighted by molar-refractivity contribution is 0.412. The van der Waals surface area contributed by atoms with Gasteiger partial charge < -0.3 is 14.0 Å². The van der Waals surface area contributed by atoms with Crippen molar-refractivity contribution in [3.05, 3.63) is 94.2 Å². The van der Waals surface area contributed by atoms with Crippen LogP contribution in [0, 0.1) is 5.82 Å². The topological polar surface area (TPSA) is 113 Å². The van der Waals surface area contributed by atoms with Gasteiger partial charge >= 0.3 is 0 Å². The fourth-order valence-corrected chi connectivity index (χ4v) is 5.33. The molecule has 9 nitrogen and oxygen atoms in total. The van der Waals surface area contributed by atoms with Crippen LogP contribution in [-0.4, -0.2) is 32.4 Å². The predicted octanol–water partition coefficient (Wildman–Crippen LogP) is 5.26. The largest absolute Gasteiger partial charge is 0.497 e. The van der Waals surface area contributed by atoms with Gasteiger partial charge in [-0.15, -0.1) is 0 Å². The Kier molecular flexibility index (Phi) is 6.55. The highest BCUT2D eigenvalue weighted by molar-refractivity contribution is 7.92. The van der Waals surface area contributed by atoms with Crippen LogP contribution in [-0.2, 0) is 10.0 Å². The molecule has 0 bridgehead atoms. The van der Waals surface area contributed by atoms with E-state index in [-0.39, 0.29) is 32.7 Å². The summed E-state index contributed by atoms with van der Waals surface area (Å²) in [6.07, 6.45) is 1.23. The van der Waals surface area contributed by atoms with Crippen molar-refractivity contribution < 1.29 is 26.8 Å². The number of halogens is 2. The molecule has 0 amide bonds. The molecule has 0 atom stereocenters. The number of anilines is 1. The predicted molar refractivity (Wildman–Crippen MR) is 140 cm³/mol. The van der Waals surface area contributed by atoms with E-state index in [2.05, 4.69) is 14.4 Å². The molecule has 0 aliphatic carbocycles. The van der Waals surface area contributed by atoms with Crippen molar-refractivity contribution in [1.29, 1.82) is 0 Å². The summed E-state index contributed by atoms with van der Waals surface area (Å²) in [6, 6.07) is 15.7. The number of fused-ring (bicyclic) bond motifs is 1. The normalized spacial score (nSPS) is 11.5. The number of aromatic nitrogens is 2. The molecule has 1 N–H and O–H groups in total. The maximum absolute atomic E-state index is 15.5. The zero-order valence-corrected chi connectivity index (χ0v) is 21.5. The highest BCUT2D eigenvalue weighted by Gasteiger charge is 2.20. The lowest BCUT2D eigenvalue weighted by Crippen LogP contribution is -2.19. The quantitative estimate of drug-likeness (QED) is 0.291. The SMILES string of the molecule is COc1ccc(-c2cc(OC)c(-n3c(=O)ccc4cc(S(=O)(=O)Nc5ccon5)ccc43)cc2F)c(Cl)c1. The number of pyridine rings is 1. The Morgan fingerprint density at radius 1 is 0.974 bits per heavy atom. The summed E-state index contributed by atoms with van der Waals surface area (Å²) in [6.45, 7) is 0. The first-order valence-corrected chi connectivity index (χ1v) is 12.9. The van der Waals surface area contributed by atoms with Crippen LogP contribution >= 0.6 is 11.6 Å². The van der Waals surface area contributed by atoms with Crippen molar-refractivity contribution >= 4 is 38.3 Å². The summed E-state index contributed by atoms with van der Waals surface area (Å²) in [5.74, 6) is 0.0926. The Bertz CT molecular complexity index is 1840. The number of ether oxygens (including phenoxy) is 2. The highest BCUT2D eigenvalue weighted by Crippen LogP contribution is 2.37. The molecule has 2 heterocycles. The van der Waals surface area contributed by atoms with E-state index in [0.717, 1.165) is 0 Å². The van der Waals surface area contributed by atoms with E-state index in [0.29, 0.717) is 22.2 Å². The molecule has 0 spiro atoms. The van der Waals surface area contributed by atoms with Crippen LogP contribution in [0.2, 0.25) is 5.02 Å². The molecule has 12 heteroatoms. The summed E-state index contributed by atoms with van der Waals surface area (Å²) >= 11 is 6.36. The Labute approximate surface area is 221 Å². The van der Waals surface area contributed by atoms with E-state index < -0.39 is 21.4 Å². The van der Waals surface area contributed by atoms with Crippen molar-refractivity contribution in [3.63, 3.8) is 0 Å². The number of benzene rings is 3. The number of rotatable bonds is 7. The minimum absolute atomic E-state index is 0.0207. The molecule has 0 radical (unpaired) electrons. The molecule has 0 unspecified atom stereocenters. The van der Waals surface area contributed by atoms with Crippen molar-refractivity contribution in [1.82, 2.24) is 9.72 Å². The fraction of sp³-hybridized carbons (Fsp3) is 0.0769. The molecule has 5 rings (SSSR count). The number of nitrogens with one attached hydrogen (secondary N) is 1. The number of hydrogen-bond donors (Lipinski definition) is 1. The molecule has 5 aromatic rings. The van der Waals surface area contributed by atoms with Crippen LogP contribution in [0.4, 0.5) is 10.2 Å². The van der Waals surface area contributed by atoms with Gasteiger partial charge in [-0.1, -0.05) is 16.8 Å². The van der Waals surface area contributed by atoms with E-state index in [4.69, 9.17) is 21.1 Å². The van der Waals surface area contributed by atoms with Gasteiger partial charge in [0.05, 0.1) is 35.3 Å². The fourth-order valence-electron chi connectivity index (χ4n) is 4.03. The summed E-state index contributed by atoms with van der Waals surface area (Å²) in [5, 5.41) is 4.24. The molecular weight excluding hydrogens is 537 g/mol. The Morgan fingerprint density at radius 3 is 2.47 bits per heavy atom. The molecule has 0 aliphatic heterocycles. The number of methoxy groups -OCH3 is 2. The van der Waals surface area contributed by atoms with Crippen LogP contribution in [0.3, 0.4) is 0 Å². The monoisotopic (exact) mass is 555 g/mol. The third-order valence-corrected chi connectivity index (χ3v) is 7.49. The minimum Gasteiger partial charge on any atom is -0.497 e. The molecule has 194 valence electrons. The second kappa shape index (κ2) is 9.84. The van der Waals surface area contributed by atoms with Gasteiger partial charge in [0, 0.05) is 34.7 Å². The lowest BCUT2D eigenvalue weighted by atomic mass is 10.0. The van der Waals surface area contributed by atoms with E-state index >= 15 is 4.39 Å². The Hall–Kier alpha value is -4.35. The third-order valence-electron chi connectivity index (χ3n) is 5.83. The zero-order valence-electron chi connectivity index (χ0n) is 19.9. The van der Waals surface area contributed by atoms with Crippen molar-refractivity contribution in [2.24, 2.45) is 0 Å². The van der Waals surface area contributed by atoms with Crippen LogP contribution < -0.4 is 19.8 Å². The van der Waals surface area contributed by atoms with Crippen LogP contribution in [0.1, 0.15) is 0 Å². The first-order chi connectivity index (χ1) is 18.2. The second-order valence-electron chi connectivity index (χ2n) is 8.07.